The van der Waals surface area contributed by atoms with E-state index in [0.717, 1.165) is 55.6 Å². The first kappa shape index (κ1) is 24.5. The van der Waals surface area contributed by atoms with Crippen molar-refractivity contribution in [2.45, 2.75) is 82.4 Å². The van der Waals surface area contributed by atoms with Gasteiger partial charge in [-0.1, -0.05) is 12.1 Å². The van der Waals surface area contributed by atoms with Crippen molar-refractivity contribution < 1.29 is 19.7 Å². The van der Waals surface area contributed by atoms with Crippen molar-refractivity contribution in [3.63, 3.8) is 0 Å². The summed E-state index contributed by atoms with van der Waals surface area (Å²) in [5, 5.41) is 28.9. The summed E-state index contributed by atoms with van der Waals surface area (Å²) in [6.45, 7) is 9.28. The normalized spacial score (nSPS) is 27.3. The summed E-state index contributed by atoms with van der Waals surface area (Å²) in [6, 6.07) is 7.07. The second-order valence-corrected chi connectivity index (χ2v) is 11.4. The second-order valence-electron chi connectivity index (χ2n) is 11.4. The molecule has 3 aliphatic heterocycles. The Morgan fingerprint density at radius 1 is 1.11 bits per heavy atom. The molecule has 1 aromatic carbocycles. The Morgan fingerprint density at radius 2 is 1.83 bits per heavy atom. The minimum absolute atomic E-state index is 0.126. The first-order chi connectivity index (χ1) is 16.6. The van der Waals surface area contributed by atoms with E-state index >= 15 is 0 Å². The fourth-order valence-corrected chi connectivity index (χ4v) is 5.77. The van der Waals surface area contributed by atoms with Crippen molar-refractivity contribution in [1.29, 1.82) is 0 Å². The molecule has 1 amide bonds. The van der Waals surface area contributed by atoms with Crippen LogP contribution in [0.2, 0.25) is 0 Å². The molecule has 0 saturated carbocycles. The lowest BCUT2D eigenvalue weighted by molar-refractivity contribution is -0.0196. The maximum Gasteiger partial charge on any atom is 0.410 e. The largest absolute Gasteiger partial charge is 0.444 e. The van der Waals surface area contributed by atoms with Crippen LogP contribution in [-0.2, 0) is 11.8 Å². The van der Waals surface area contributed by atoms with E-state index in [-0.39, 0.29) is 12.0 Å². The van der Waals surface area contributed by atoms with E-state index in [1.807, 2.05) is 32.5 Å². The summed E-state index contributed by atoms with van der Waals surface area (Å²) in [6.07, 6.45) is 1.85. The van der Waals surface area contributed by atoms with Gasteiger partial charge in [-0.05, 0) is 77.1 Å². The number of aliphatic hydroxyl groups is 2. The summed E-state index contributed by atoms with van der Waals surface area (Å²) in [5.41, 5.74) is 2.88. The molecule has 0 bridgehead atoms. The monoisotopic (exact) mass is 485 g/mol. The van der Waals surface area contributed by atoms with Crippen LogP contribution in [0.1, 0.15) is 69.5 Å². The highest BCUT2D eigenvalue weighted by Gasteiger charge is 2.38. The molecule has 0 aliphatic carbocycles. The van der Waals surface area contributed by atoms with Gasteiger partial charge >= 0.3 is 6.09 Å². The van der Waals surface area contributed by atoms with Crippen molar-refractivity contribution in [1.82, 2.24) is 24.9 Å². The summed E-state index contributed by atoms with van der Waals surface area (Å²) in [7, 11) is 1.96. The smallest absolute Gasteiger partial charge is 0.410 e. The van der Waals surface area contributed by atoms with Crippen molar-refractivity contribution in [3.8, 4) is 0 Å². The number of nitrogens with zero attached hydrogens (tertiary/aromatic N) is 4. The molecular weight excluding hydrogens is 446 g/mol. The van der Waals surface area contributed by atoms with Crippen LogP contribution < -0.4 is 5.32 Å². The maximum atomic E-state index is 12.2. The SMILES string of the molecule is Cn1nc(C2CCC(O)NC2O)c2ccc(C3CCN(C4CN(C(=O)OC(C)(C)C)C4)CC3)cc21. The number of aryl methyl sites for hydroxylation is 1. The van der Waals surface area contributed by atoms with E-state index in [1.54, 1.807) is 4.90 Å². The van der Waals surface area contributed by atoms with Gasteiger partial charge < -0.3 is 19.8 Å². The first-order valence-electron chi connectivity index (χ1n) is 12.9. The van der Waals surface area contributed by atoms with Gasteiger partial charge in [0, 0.05) is 37.5 Å². The van der Waals surface area contributed by atoms with E-state index in [4.69, 9.17) is 9.84 Å². The van der Waals surface area contributed by atoms with Crippen molar-refractivity contribution in [2.24, 2.45) is 7.05 Å². The van der Waals surface area contributed by atoms with Gasteiger partial charge in [0.25, 0.3) is 0 Å². The van der Waals surface area contributed by atoms with Crippen LogP contribution >= 0.6 is 0 Å². The Morgan fingerprint density at radius 3 is 2.49 bits per heavy atom. The minimum Gasteiger partial charge on any atom is -0.444 e. The van der Waals surface area contributed by atoms with Gasteiger partial charge in [0.15, 0.2) is 0 Å². The number of likely N-dealkylation sites (tertiary alicyclic amines) is 2. The van der Waals surface area contributed by atoms with Crippen LogP contribution in [0.5, 0.6) is 0 Å². The van der Waals surface area contributed by atoms with Gasteiger partial charge in [-0.25, -0.2) is 4.79 Å². The zero-order chi connectivity index (χ0) is 24.9. The Labute approximate surface area is 207 Å². The number of fused-ring (bicyclic) bond motifs is 1. The number of hydrogen-bond acceptors (Lipinski definition) is 7. The topological polar surface area (TPSA) is 103 Å². The third-order valence-electron chi connectivity index (χ3n) is 7.78. The van der Waals surface area contributed by atoms with Gasteiger partial charge in [0.2, 0.25) is 0 Å². The first-order valence-corrected chi connectivity index (χ1v) is 12.9. The molecule has 35 heavy (non-hydrogen) atoms. The standard InChI is InChI=1S/C26H39N5O4/c1-26(2,3)35-25(34)31-14-18(15-31)30-11-9-16(10-12-30)17-5-6-19-21(13-17)29(4)28-23(19)20-7-8-22(32)27-24(20)33/h5-6,13,16,18,20,22,24,27,32-33H,7-12,14-15H2,1-4H3. The number of aliphatic hydroxyl groups excluding tert-OH is 2. The fourth-order valence-electron chi connectivity index (χ4n) is 5.77. The van der Waals surface area contributed by atoms with Crippen molar-refractivity contribution >= 4 is 17.0 Å². The average molecular weight is 486 g/mol. The van der Waals surface area contributed by atoms with E-state index in [1.165, 1.54) is 5.56 Å². The number of carbonyl (C=O) groups is 1. The number of hydrogen-bond donors (Lipinski definition) is 3. The van der Waals surface area contributed by atoms with Crippen LogP contribution in [0.15, 0.2) is 18.2 Å². The molecule has 3 aliphatic rings. The molecule has 2 aromatic rings. The highest BCUT2D eigenvalue weighted by molar-refractivity contribution is 5.83. The highest BCUT2D eigenvalue weighted by Crippen LogP contribution is 2.36. The number of aromatic nitrogens is 2. The summed E-state index contributed by atoms with van der Waals surface area (Å²) >= 11 is 0. The molecule has 3 fully saturated rings. The lowest BCUT2D eigenvalue weighted by Gasteiger charge is -2.47. The van der Waals surface area contributed by atoms with E-state index in [2.05, 4.69) is 28.4 Å². The molecule has 3 N–H and O–H groups in total. The van der Waals surface area contributed by atoms with Gasteiger partial charge in [0.1, 0.15) is 18.1 Å². The number of nitrogens with one attached hydrogen (secondary N) is 1. The Hall–Kier alpha value is -2.20. The van der Waals surface area contributed by atoms with Crippen LogP contribution in [0, 0.1) is 0 Å². The van der Waals surface area contributed by atoms with E-state index in [9.17, 15) is 15.0 Å². The van der Waals surface area contributed by atoms with E-state index < -0.39 is 18.1 Å². The third kappa shape index (κ3) is 5.05. The molecule has 9 nitrogen and oxygen atoms in total. The Kier molecular flexibility index (Phi) is 6.54. The molecule has 4 heterocycles. The van der Waals surface area contributed by atoms with Gasteiger partial charge in [-0.15, -0.1) is 0 Å². The molecule has 3 unspecified atom stereocenters. The zero-order valence-corrected chi connectivity index (χ0v) is 21.3. The number of benzene rings is 1. The molecule has 192 valence electrons. The third-order valence-corrected chi connectivity index (χ3v) is 7.78. The summed E-state index contributed by atoms with van der Waals surface area (Å²) < 4.78 is 7.40. The quantitative estimate of drug-likeness (QED) is 0.614. The maximum absolute atomic E-state index is 12.2. The molecule has 0 spiro atoms. The molecular formula is C26H39N5O4. The number of ether oxygens (including phenoxy) is 1. The van der Waals surface area contributed by atoms with Crippen molar-refractivity contribution in [3.05, 3.63) is 29.5 Å². The molecule has 5 rings (SSSR count). The van der Waals surface area contributed by atoms with E-state index in [0.29, 0.717) is 24.8 Å². The van der Waals surface area contributed by atoms with Crippen molar-refractivity contribution in [2.75, 3.05) is 26.2 Å². The highest BCUT2D eigenvalue weighted by atomic mass is 16.6. The van der Waals surface area contributed by atoms with Crippen LogP contribution in [0.4, 0.5) is 4.79 Å². The molecule has 3 atom stereocenters. The van der Waals surface area contributed by atoms with Crippen LogP contribution in [0.3, 0.4) is 0 Å². The minimum atomic E-state index is -0.793. The second kappa shape index (κ2) is 9.35. The fraction of sp³-hybridized carbons (Fsp3) is 0.692. The molecule has 1 aromatic heterocycles. The molecule has 0 radical (unpaired) electrons. The predicted molar refractivity (Wildman–Crippen MR) is 133 cm³/mol. The molecule has 9 heteroatoms. The number of amides is 1. The number of piperidine rings is 2. The number of carbonyl (C=O) groups excluding carboxylic acids is 1. The Balaban J connectivity index is 1.20. The van der Waals surface area contributed by atoms with Crippen LogP contribution in [-0.4, -0.2) is 86.2 Å². The number of rotatable bonds is 3. The summed E-state index contributed by atoms with van der Waals surface area (Å²) in [5.74, 6) is 0.382. The van der Waals surface area contributed by atoms with Gasteiger partial charge in [-0.3, -0.25) is 14.9 Å². The predicted octanol–water partition coefficient (Wildman–Crippen LogP) is 2.48. The lowest BCUT2D eigenvalue weighted by Crippen LogP contribution is -2.62. The van der Waals surface area contributed by atoms with Gasteiger partial charge in [0.05, 0.1) is 11.2 Å². The average Bonchev–Trinajstić information content (AvgIpc) is 3.08. The van der Waals surface area contributed by atoms with Gasteiger partial charge in [-0.2, -0.15) is 5.10 Å². The Bertz CT molecular complexity index is 1070. The lowest BCUT2D eigenvalue weighted by atomic mass is 9.87. The zero-order valence-electron chi connectivity index (χ0n) is 21.3. The summed E-state index contributed by atoms with van der Waals surface area (Å²) in [4.78, 5) is 16.5. The van der Waals surface area contributed by atoms with Crippen LogP contribution in [0.25, 0.3) is 10.9 Å². The molecule has 3 saturated heterocycles.